The van der Waals surface area contributed by atoms with Gasteiger partial charge < -0.3 is 9.88 Å². The van der Waals surface area contributed by atoms with Crippen LogP contribution in [0.1, 0.15) is 16.7 Å². The van der Waals surface area contributed by atoms with Crippen LogP contribution in [0.25, 0.3) is 0 Å². The number of anilines is 1. The highest BCUT2D eigenvalue weighted by Crippen LogP contribution is 2.16. The van der Waals surface area contributed by atoms with E-state index in [9.17, 15) is 9.59 Å². The van der Waals surface area contributed by atoms with E-state index in [4.69, 9.17) is 11.6 Å². The summed E-state index contributed by atoms with van der Waals surface area (Å²) in [6.07, 6.45) is 1.57. The second kappa shape index (κ2) is 5.28. The van der Waals surface area contributed by atoms with E-state index in [0.717, 1.165) is 11.3 Å². The molecule has 8 heteroatoms. The van der Waals surface area contributed by atoms with Crippen molar-refractivity contribution in [2.75, 3.05) is 5.32 Å². The van der Waals surface area contributed by atoms with E-state index in [0.29, 0.717) is 12.2 Å². The van der Waals surface area contributed by atoms with Crippen molar-refractivity contribution in [3.05, 3.63) is 38.2 Å². The molecule has 0 saturated heterocycles. The van der Waals surface area contributed by atoms with E-state index in [-0.39, 0.29) is 15.0 Å². The number of aryl methyl sites for hydroxylation is 1. The lowest BCUT2D eigenvalue weighted by Crippen LogP contribution is -2.19. The maximum absolute atomic E-state index is 11.8. The summed E-state index contributed by atoms with van der Waals surface area (Å²) in [7, 11) is 0. The van der Waals surface area contributed by atoms with Crippen molar-refractivity contribution in [3.8, 4) is 0 Å². The van der Waals surface area contributed by atoms with Gasteiger partial charge in [-0.05, 0) is 24.6 Å². The van der Waals surface area contributed by atoms with Gasteiger partial charge >= 0.3 is 0 Å². The van der Waals surface area contributed by atoms with Gasteiger partial charge in [0.05, 0.1) is 5.69 Å². The molecule has 0 spiro atoms. The lowest BCUT2D eigenvalue weighted by Gasteiger charge is -2.06. The van der Waals surface area contributed by atoms with Crippen molar-refractivity contribution in [2.45, 2.75) is 13.5 Å². The van der Waals surface area contributed by atoms with Gasteiger partial charge in [0.15, 0.2) is 0 Å². The highest BCUT2D eigenvalue weighted by molar-refractivity contribution is 7.17. The van der Waals surface area contributed by atoms with Crippen molar-refractivity contribution in [3.63, 3.8) is 0 Å². The third kappa shape index (κ3) is 2.74. The zero-order chi connectivity index (χ0) is 13.1. The number of carbonyl (C=O) groups excluding carboxylic acids is 1. The van der Waals surface area contributed by atoms with Gasteiger partial charge in [0.2, 0.25) is 9.47 Å². The maximum atomic E-state index is 11.8. The average molecular weight is 285 g/mol. The molecule has 2 rings (SSSR count). The monoisotopic (exact) mass is 284 g/mol. The number of hydrogen-bond acceptors (Lipinski definition) is 5. The Morgan fingerprint density at radius 2 is 2.28 bits per heavy atom. The summed E-state index contributed by atoms with van der Waals surface area (Å²) in [6.45, 7) is 2.38. The molecule has 1 N–H and O–H groups in total. The molecule has 2 heterocycles. The molecule has 18 heavy (non-hydrogen) atoms. The number of nitrogens with one attached hydrogen (secondary N) is 1. The molecule has 0 fully saturated rings. The summed E-state index contributed by atoms with van der Waals surface area (Å²) in [5.41, 5.74) is 0.405. The third-order valence-electron chi connectivity index (χ3n) is 2.18. The first-order chi connectivity index (χ1) is 8.60. The predicted molar refractivity (Wildman–Crippen MR) is 69.2 cm³/mol. The zero-order valence-corrected chi connectivity index (χ0v) is 11.0. The second-order valence-corrected chi connectivity index (χ2v) is 4.92. The average Bonchev–Trinajstić information content (AvgIpc) is 2.78. The number of nitrogens with zero attached hydrogens (tertiary/aromatic N) is 3. The summed E-state index contributed by atoms with van der Waals surface area (Å²) in [6, 6.07) is 2.93. The molecule has 0 unspecified atom stereocenters. The third-order valence-corrected chi connectivity index (χ3v) is 3.19. The molecule has 0 aliphatic heterocycles. The van der Waals surface area contributed by atoms with Crippen LogP contribution in [0, 0.1) is 0 Å². The zero-order valence-electron chi connectivity index (χ0n) is 9.38. The SMILES string of the molecule is CCn1cc(NC(=O)c2nnc(Cl)s2)ccc1=O. The van der Waals surface area contributed by atoms with Crippen LogP contribution in [-0.4, -0.2) is 20.7 Å². The predicted octanol–water partition coefficient (Wildman–Crippen LogP) is 1.63. The number of aromatic nitrogens is 3. The van der Waals surface area contributed by atoms with E-state index in [1.165, 1.54) is 16.7 Å². The van der Waals surface area contributed by atoms with Crippen molar-refractivity contribution < 1.29 is 4.79 Å². The Morgan fingerprint density at radius 1 is 1.50 bits per heavy atom. The molecule has 94 valence electrons. The number of carbonyl (C=O) groups is 1. The first-order valence-corrected chi connectivity index (χ1v) is 6.30. The van der Waals surface area contributed by atoms with Crippen LogP contribution in [0.4, 0.5) is 5.69 Å². The molecule has 0 saturated carbocycles. The van der Waals surface area contributed by atoms with Crippen LogP contribution in [0.3, 0.4) is 0 Å². The van der Waals surface area contributed by atoms with Gasteiger partial charge in [0, 0.05) is 18.8 Å². The first-order valence-electron chi connectivity index (χ1n) is 5.11. The van der Waals surface area contributed by atoms with Crippen molar-refractivity contribution in [2.24, 2.45) is 0 Å². The smallest absolute Gasteiger partial charge is 0.286 e. The molecule has 0 aliphatic rings. The van der Waals surface area contributed by atoms with Gasteiger partial charge in [-0.25, -0.2) is 0 Å². The van der Waals surface area contributed by atoms with E-state index in [2.05, 4.69) is 15.5 Å². The molecular weight excluding hydrogens is 276 g/mol. The molecule has 0 aromatic carbocycles. The fraction of sp³-hybridized carbons (Fsp3) is 0.200. The largest absolute Gasteiger partial charge is 0.319 e. The van der Waals surface area contributed by atoms with E-state index >= 15 is 0 Å². The molecule has 6 nitrogen and oxygen atoms in total. The minimum Gasteiger partial charge on any atom is -0.319 e. The molecule has 1 amide bonds. The fourth-order valence-electron chi connectivity index (χ4n) is 1.33. The van der Waals surface area contributed by atoms with Crippen molar-refractivity contribution in [1.82, 2.24) is 14.8 Å². The van der Waals surface area contributed by atoms with E-state index in [1.807, 2.05) is 6.92 Å². The summed E-state index contributed by atoms with van der Waals surface area (Å²) in [4.78, 5) is 23.1. The molecular formula is C10H9ClN4O2S. The quantitative estimate of drug-likeness (QED) is 0.929. The Bertz CT molecular complexity index is 637. The van der Waals surface area contributed by atoms with Gasteiger partial charge in [-0.15, -0.1) is 10.2 Å². The minimum absolute atomic E-state index is 0.116. The van der Waals surface area contributed by atoms with Gasteiger partial charge in [0.25, 0.3) is 11.5 Å². The Morgan fingerprint density at radius 3 is 2.89 bits per heavy atom. The Balaban J connectivity index is 2.19. The van der Waals surface area contributed by atoms with Crippen LogP contribution in [0.5, 0.6) is 0 Å². The van der Waals surface area contributed by atoms with Gasteiger partial charge in [-0.2, -0.15) is 0 Å². The second-order valence-electron chi connectivity index (χ2n) is 3.36. The Hall–Kier alpha value is -1.73. The van der Waals surface area contributed by atoms with Crippen LogP contribution < -0.4 is 10.9 Å². The van der Waals surface area contributed by atoms with Crippen LogP contribution in [0.15, 0.2) is 23.1 Å². The van der Waals surface area contributed by atoms with Gasteiger partial charge in [-0.3, -0.25) is 9.59 Å². The molecule has 2 aromatic rings. The van der Waals surface area contributed by atoms with Crippen LogP contribution in [0.2, 0.25) is 4.47 Å². The maximum Gasteiger partial charge on any atom is 0.286 e. The number of halogens is 1. The lowest BCUT2D eigenvalue weighted by molar-refractivity contribution is 0.102. The Labute approximate surface area is 111 Å². The molecule has 0 radical (unpaired) electrons. The topological polar surface area (TPSA) is 76.9 Å². The first kappa shape index (κ1) is 12.7. The molecule has 0 aliphatic carbocycles. The molecule has 0 atom stereocenters. The van der Waals surface area contributed by atoms with E-state index < -0.39 is 5.91 Å². The molecule has 0 bridgehead atoms. The normalized spacial score (nSPS) is 10.3. The van der Waals surface area contributed by atoms with Gasteiger partial charge in [-0.1, -0.05) is 11.3 Å². The van der Waals surface area contributed by atoms with Crippen LogP contribution >= 0.6 is 22.9 Å². The standard InChI is InChI=1S/C10H9ClN4O2S/c1-2-15-5-6(3-4-7(15)16)12-8(17)9-13-14-10(11)18-9/h3-5H,2H2,1H3,(H,12,17). The highest BCUT2D eigenvalue weighted by Gasteiger charge is 2.12. The minimum atomic E-state index is -0.402. The summed E-state index contributed by atoms with van der Waals surface area (Å²) in [5, 5.41) is 9.97. The summed E-state index contributed by atoms with van der Waals surface area (Å²) < 4.78 is 1.70. The number of amides is 1. The fourth-order valence-corrected chi connectivity index (χ4v) is 2.06. The number of rotatable bonds is 3. The number of pyridine rings is 1. The number of hydrogen-bond donors (Lipinski definition) is 1. The lowest BCUT2D eigenvalue weighted by atomic mass is 10.4. The van der Waals surface area contributed by atoms with E-state index in [1.54, 1.807) is 6.20 Å². The van der Waals surface area contributed by atoms with Crippen LogP contribution in [-0.2, 0) is 6.54 Å². The van der Waals surface area contributed by atoms with Gasteiger partial charge in [0.1, 0.15) is 0 Å². The summed E-state index contributed by atoms with van der Waals surface area (Å²) in [5.74, 6) is -0.402. The highest BCUT2D eigenvalue weighted by atomic mass is 35.5. The van der Waals surface area contributed by atoms with Crippen molar-refractivity contribution in [1.29, 1.82) is 0 Å². The molecule has 2 aromatic heterocycles. The van der Waals surface area contributed by atoms with Crippen molar-refractivity contribution >= 4 is 34.5 Å². The summed E-state index contributed by atoms with van der Waals surface area (Å²) >= 11 is 6.59. The Kier molecular flexibility index (Phi) is 3.73.